The summed E-state index contributed by atoms with van der Waals surface area (Å²) in [6.07, 6.45) is 0.874. The van der Waals surface area contributed by atoms with Crippen molar-refractivity contribution in [2.24, 2.45) is 0 Å². The van der Waals surface area contributed by atoms with E-state index in [9.17, 15) is 4.39 Å². The Hall–Kier alpha value is -1.83. The minimum atomic E-state index is -0.304. The summed E-state index contributed by atoms with van der Waals surface area (Å²) in [6.45, 7) is 4.57. The first-order valence-corrected chi connectivity index (χ1v) is 6.20. The van der Waals surface area contributed by atoms with Crippen LogP contribution in [0.4, 0.5) is 4.39 Å². The van der Waals surface area contributed by atoms with E-state index in [1.54, 1.807) is 6.07 Å². The van der Waals surface area contributed by atoms with Gasteiger partial charge in [0.25, 0.3) is 0 Å². The number of hydrogen-bond acceptors (Lipinski definition) is 1. The van der Waals surface area contributed by atoms with Gasteiger partial charge in [-0.25, -0.2) is 4.39 Å². The van der Waals surface area contributed by atoms with Gasteiger partial charge in [-0.1, -0.05) is 42.8 Å². The zero-order valence-corrected chi connectivity index (χ0v) is 10.7. The SMILES string of the molecule is CCCOc1ccc(-c2ccc(C)cc2)cc1F. The van der Waals surface area contributed by atoms with Crippen LogP contribution in [-0.4, -0.2) is 6.61 Å². The van der Waals surface area contributed by atoms with Gasteiger partial charge in [-0.3, -0.25) is 0 Å². The van der Waals surface area contributed by atoms with E-state index in [4.69, 9.17) is 4.74 Å². The molecule has 0 aromatic heterocycles. The van der Waals surface area contributed by atoms with Crippen LogP contribution >= 0.6 is 0 Å². The van der Waals surface area contributed by atoms with Crippen LogP contribution < -0.4 is 4.74 Å². The van der Waals surface area contributed by atoms with Crippen LogP contribution in [0.3, 0.4) is 0 Å². The summed E-state index contributed by atoms with van der Waals surface area (Å²) in [5.74, 6) is 0.0224. The Kier molecular flexibility index (Phi) is 3.98. The molecule has 2 rings (SSSR count). The van der Waals surface area contributed by atoms with Crippen LogP contribution in [0.5, 0.6) is 5.75 Å². The third-order valence-electron chi connectivity index (χ3n) is 2.78. The minimum Gasteiger partial charge on any atom is -0.491 e. The standard InChI is InChI=1S/C16H17FO/c1-3-10-18-16-9-8-14(11-15(16)17)13-6-4-12(2)5-7-13/h4-9,11H,3,10H2,1-2H3. The largest absolute Gasteiger partial charge is 0.491 e. The number of aryl methyl sites for hydroxylation is 1. The predicted molar refractivity (Wildman–Crippen MR) is 72.4 cm³/mol. The molecule has 0 aliphatic rings. The van der Waals surface area contributed by atoms with E-state index in [-0.39, 0.29) is 5.82 Å². The Balaban J connectivity index is 2.25. The van der Waals surface area contributed by atoms with Crippen LogP contribution in [-0.2, 0) is 0 Å². The third kappa shape index (κ3) is 2.89. The number of rotatable bonds is 4. The van der Waals surface area contributed by atoms with Crippen molar-refractivity contribution in [3.05, 3.63) is 53.8 Å². The van der Waals surface area contributed by atoms with Crippen molar-refractivity contribution < 1.29 is 9.13 Å². The molecule has 0 radical (unpaired) electrons. The van der Waals surface area contributed by atoms with Crippen molar-refractivity contribution in [3.8, 4) is 16.9 Å². The Morgan fingerprint density at radius 2 is 1.67 bits per heavy atom. The number of halogens is 1. The maximum atomic E-state index is 13.8. The number of ether oxygens (including phenoxy) is 1. The van der Waals surface area contributed by atoms with Crippen LogP contribution in [0.25, 0.3) is 11.1 Å². The summed E-state index contributed by atoms with van der Waals surface area (Å²) in [5, 5.41) is 0. The molecule has 0 saturated carbocycles. The summed E-state index contributed by atoms with van der Waals surface area (Å²) in [4.78, 5) is 0. The van der Waals surface area contributed by atoms with Crippen molar-refractivity contribution in [1.82, 2.24) is 0 Å². The molecule has 0 aliphatic carbocycles. The molecule has 0 N–H and O–H groups in total. The van der Waals surface area contributed by atoms with Gasteiger partial charge in [-0.15, -0.1) is 0 Å². The van der Waals surface area contributed by atoms with Crippen molar-refractivity contribution in [2.75, 3.05) is 6.61 Å². The minimum absolute atomic E-state index is 0.304. The van der Waals surface area contributed by atoms with Gasteiger partial charge >= 0.3 is 0 Å². The lowest BCUT2D eigenvalue weighted by Crippen LogP contribution is -1.97. The average molecular weight is 244 g/mol. The molecule has 94 valence electrons. The van der Waals surface area contributed by atoms with Crippen LogP contribution in [0.1, 0.15) is 18.9 Å². The molecule has 2 aromatic rings. The number of hydrogen-bond donors (Lipinski definition) is 0. The third-order valence-corrected chi connectivity index (χ3v) is 2.78. The second-order valence-electron chi connectivity index (χ2n) is 4.36. The highest BCUT2D eigenvalue weighted by Gasteiger charge is 2.05. The molecule has 0 spiro atoms. The monoisotopic (exact) mass is 244 g/mol. The molecule has 2 aromatic carbocycles. The van der Waals surface area contributed by atoms with Crippen LogP contribution in [0, 0.1) is 12.7 Å². The molecule has 0 aliphatic heterocycles. The lowest BCUT2D eigenvalue weighted by molar-refractivity contribution is 0.301. The average Bonchev–Trinajstić information content (AvgIpc) is 2.38. The van der Waals surface area contributed by atoms with E-state index < -0.39 is 0 Å². The van der Waals surface area contributed by atoms with E-state index in [1.165, 1.54) is 11.6 Å². The lowest BCUT2D eigenvalue weighted by atomic mass is 10.0. The molecular weight excluding hydrogens is 227 g/mol. The summed E-state index contributed by atoms with van der Waals surface area (Å²) in [5.41, 5.74) is 3.08. The van der Waals surface area contributed by atoms with Gasteiger partial charge in [-0.05, 0) is 36.6 Å². The fourth-order valence-corrected chi connectivity index (χ4v) is 1.76. The molecule has 0 heterocycles. The topological polar surface area (TPSA) is 9.23 Å². The van der Waals surface area contributed by atoms with Crippen LogP contribution in [0.15, 0.2) is 42.5 Å². The van der Waals surface area contributed by atoms with E-state index >= 15 is 0 Å². The van der Waals surface area contributed by atoms with Gasteiger partial charge in [0.05, 0.1) is 6.61 Å². The van der Waals surface area contributed by atoms with Crippen molar-refractivity contribution >= 4 is 0 Å². The fourth-order valence-electron chi connectivity index (χ4n) is 1.76. The highest BCUT2D eigenvalue weighted by Crippen LogP contribution is 2.25. The fraction of sp³-hybridized carbons (Fsp3) is 0.250. The van der Waals surface area contributed by atoms with Gasteiger partial charge in [0.1, 0.15) is 0 Å². The molecule has 18 heavy (non-hydrogen) atoms. The van der Waals surface area contributed by atoms with E-state index in [0.717, 1.165) is 17.5 Å². The highest BCUT2D eigenvalue weighted by molar-refractivity contribution is 5.64. The Morgan fingerprint density at radius 1 is 1.00 bits per heavy atom. The van der Waals surface area contributed by atoms with Crippen molar-refractivity contribution in [2.45, 2.75) is 20.3 Å². The van der Waals surface area contributed by atoms with Crippen molar-refractivity contribution in [1.29, 1.82) is 0 Å². The van der Waals surface area contributed by atoms with Crippen molar-refractivity contribution in [3.63, 3.8) is 0 Å². The van der Waals surface area contributed by atoms with E-state index in [2.05, 4.69) is 0 Å². The zero-order valence-electron chi connectivity index (χ0n) is 10.7. The maximum absolute atomic E-state index is 13.8. The molecule has 2 heteroatoms. The summed E-state index contributed by atoms with van der Waals surface area (Å²) in [7, 11) is 0. The first-order valence-electron chi connectivity index (χ1n) is 6.20. The van der Waals surface area contributed by atoms with E-state index in [1.807, 2.05) is 44.2 Å². The Bertz CT molecular complexity index is 517. The van der Waals surface area contributed by atoms with Gasteiger partial charge in [-0.2, -0.15) is 0 Å². The first kappa shape index (κ1) is 12.6. The molecule has 1 nitrogen and oxygen atoms in total. The predicted octanol–water partition coefficient (Wildman–Crippen LogP) is 4.59. The molecule has 0 atom stereocenters. The molecule has 0 fully saturated rings. The van der Waals surface area contributed by atoms with Gasteiger partial charge in [0, 0.05) is 0 Å². The molecule has 0 saturated heterocycles. The number of benzene rings is 2. The van der Waals surface area contributed by atoms with Gasteiger partial charge in [0.2, 0.25) is 0 Å². The zero-order chi connectivity index (χ0) is 13.0. The second-order valence-corrected chi connectivity index (χ2v) is 4.36. The smallest absolute Gasteiger partial charge is 0.165 e. The normalized spacial score (nSPS) is 10.4. The molecule has 0 unspecified atom stereocenters. The molecular formula is C16H17FO. The second kappa shape index (κ2) is 5.67. The molecule has 0 bridgehead atoms. The Labute approximate surface area is 107 Å². The van der Waals surface area contributed by atoms with Crippen LogP contribution in [0.2, 0.25) is 0 Å². The Morgan fingerprint density at radius 3 is 2.28 bits per heavy atom. The first-order chi connectivity index (χ1) is 8.70. The molecule has 0 amide bonds. The van der Waals surface area contributed by atoms with Gasteiger partial charge < -0.3 is 4.74 Å². The quantitative estimate of drug-likeness (QED) is 0.764. The highest BCUT2D eigenvalue weighted by atomic mass is 19.1. The lowest BCUT2D eigenvalue weighted by Gasteiger charge is -2.08. The van der Waals surface area contributed by atoms with E-state index in [0.29, 0.717) is 12.4 Å². The summed E-state index contributed by atoms with van der Waals surface area (Å²) in [6, 6.07) is 13.1. The summed E-state index contributed by atoms with van der Waals surface area (Å²) >= 11 is 0. The summed E-state index contributed by atoms with van der Waals surface area (Å²) < 4.78 is 19.1. The maximum Gasteiger partial charge on any atom is 0.165 e. The van der Waals surface area contributed by atoms with Gasteiger partial charge in [0.15, 0.2) is 11.6 Å².